The van der Waals surface area contributed by atoms with Crippen LogP contribution in [0.5, 0.6) is 5.75 Å². The van der Waals surface area contributed by atoms with Crippen LogP contribution in [0.1, 0.15) is 5.56 Å². The highest BCUT2D eigenvalue weighted by atomic mass is 16.7. The zero-order chi connectivity index (χ0) is 10.3. The fourth-order valence-electron chi connectivity index (χ4n) is 1.75. The normalized spacial score (nSPS) is 14.3. The Balaban J connectivity index is 2.30. The molecule has 2 aromatic rings. The van der Waals surface area contributed by atoms with Crippen LogP contribution in [0.4, 0.5) is 0 Å². The van der Waals surface area contributed by atoms with Gasteiger partial charge in [-0.05, 0) is 18.2 Å². The Kier molecular flexibility index (Phi) is 1.62. The van der Waals surface area contributed by atoms with Crippen molar-refractivity contribution in [2.75, 3.05) is 0 Å². The van der Waals surface area contributed by atoms with Crippen LogP contribution in [0, 0.1) is 0 Å². The van der Waals surface area contributed by atoms with Gasteiger partial charge < -0.3 is 4.84 Å². The van der Waals surface area contributed by atoms with E-state index >= 15 is 0 Å². The van der Waals surface area contributed by atoms with Gasteiger partial charge in [-0.15, -0.1) is 0 Å². The molecule has 0 atom stereocenters. The number of benzene rings is 1. The van der Waals surface area contributed by atoms with Crippen molar-refractivity contribution < 1.29 is 9.63 Å². The second kappa shape index (κ2) is 2.95. The largest absolute Gasteiger partial charge is 0.378 e. The minimum absolute atomic E-state index is 0.120. The first-order chi connectivity index (χ1) is 7.34. The fraction of sp³-hybridized carbons (Fsp3) is 0.0909. The molecule has 1 aromatic carbocycles. The molecule has 1 aliphatic rings. The van der Waals surface area contributed by atoms with E-state index in [1.807, 2.05) is 24.3 Å². The standard InChI is InChI=1S/C11H8N2O2/c14-10-6-7-3-4-9-8(2-1-5-12-9)11(7)15-13-10/h1-5H,6H2,(H,13,14). The average molecular weight is 200 g/mol. The maximum absolute atomic E-state index is 11.1. The smallest absolute Gasteiger partial charge is 0.257 e. The molecule has 0 saturated carbocycles. The Morgan fingerprint density at radius 1 is 1.33 bits per heavy atom. The van der Waals surface area contributed by atoms with Crippen LogP contribution in [0.25, 0.3) is 10.9 Å². The quantitative estimate of drug-likeness (QED) is 0.695. The number of carbonyl (C=O) groups is 1. The van der Waals surface area contributed by atoms with Gasteiger partial charge in [-0.25, -0.2) is 0 Å². The maximum atomic E-state index is 11.1. The van der Waals surface area contributed by atoms with Crippen LogP contribution in [-0.4, -0.2) is 10.9 Å². The fourth-order valence-corrected chi connectivity index (χ4v) is 1.75. The third-order valence-corrected chi connectivity index (χ3v) is 2.44. The first kappa shape index (κ1) is 8.23. The van der Waals surface area contributed by atoms with Crippen molar-refractivity contribution >= 4 is 16.8 Å². The molecule has 1 N–H and O–H groups in total. The zero-order valence-electron chi connectivity index (χ0n) is 7.86. The molecule has 0 aliphatic carbocycles. The second-order valence-electron chi connectivity index (χ2n) is 3.43. The van der Waals surface area contributed by atoms with Gasteiger partial charge >= 0.3 is 0 Å². The first-order valence-electron chi connectivity index (χ1n) is 4.67. The number of hydroxylamine groups is 1. The molecule has 0 radical (unpaired) electrons. The molecule has 0 saturated heterocycles. The van der Waals surface area contributed by atoms with Crippen molar-refractivity contribution in [2.24, 2.45) is 0 Å². The molecule has 1 amide bonds. The molecule has 4 heteroatoms. The van der Waals surface area contributed by atoms with Gasteiger partial charge in [-0.2, -0.15) is 5.48 Å². The van der Waals surface area contributed by atoms with Gasteiger partial charge in [0.25, 0.3) is 5.91 Å². The number of rotatable bonds is 0. The molecule has 15 heavy (non-hydrogen) atoms. The van der Waals surface area contributed by atoms with E-state index in [9.17, 15) is 4.79 Å². The highest BCUT2D eigenvalue weighted by Crippen LogP contribution is 2.30. The highest BCUT2D eigenvalue weighted by Gasteiger charge is 2.18. The van der Waals surface area contributed by atoms with Gasteiger partial charge in [0.15, 0.2) is 5.75 Å². The number of hydrogen-bond acceptors (Lipinski definition) is 3. The molecule has 1 aliphatic heterocycles. The van der Waals surface area contributed by atoms with Crippen molar-refractivity contribution in [1.29, 1.82) is 0 Å². The van der Waals surface area contributed by atoms with E-state index in [4.69, 9.17) is 4.84 Å². The summed E-state index contributed by atoms with van der Waals surface area (Å²) in [4.78, 5) is 20.5. The third-order valence-electron chi connectivity index (χ3n) is 2.44. The predicted molar refractivity (Wildman–Crippen MR) is 54.2 cm³/mol. The average Bonchev–Trinajstić information content (AvgIpc) is 2.28. The lowest BCUT2D eigenvalue weighted by molar-refractivity contribution is -0.128. The molecular formula is C11H8N2O2. The highest BCUT2D eigenvalue weighted by molar-refractivity contribution is 5.90. The van der Waals surface area contributed by atoms with Crippen LogP contribution in [0.3, 0.4) is 0 Å². The number of fused-ring (bicyclic) bond motifs is 3. The lowest BCUT2D eigenvalue weighted by atomic mass is 10.1. The summed E-state index contributed by atoms with van der Waals surface area (Å²) in [5, 5.41) is 0.926. The summed E-state index contributed by atoms with van der Waals surface area (Å²) < 4.78 is 0. The van der Waals surface area contributed by atoms with Crippen LogP contribution in [0.15, 0.2) is 30.5 Å². The zero-order valence-corrected chi connectivity index (χ0v) is 7.86. The van der Waals surface area contributed by atoms with Crippen LogP contribution < -0.4 is 10.3 Å². The monoisotopic (exact) mass is 200 g/mol. The molecule has 0 bridgehead atoms. The molecule has 74 valence electrons. The van der Waals surface area contributed by atoms with E-state index < -0.39 is 0 Å². The minimum Gasteiger partial charge on any atom is -0.378 e. The number of carbonyl (C=O) groups excluding carboxylic acids is 1. The van der Waals surface area contributed by atoms with E-state index in [1.165, 1.54) is 0 Å². The van der Waals surface area contributed by atoms with E-state index in [-0.39, 0.29) is 5.91 Å². The van der Waals surface area contributed by atoms with Crippen molar-refractivity contribution in [2.45, 2.75) is 6.42 Å². The maximum Gasteiger partial charge on any atom is 0.257 e. The number of amides is 1. The summed E-state index contributed by atoms with van der Waals surface area (Å²) >= 11 is 0. The van der Waals surface area contributed by atoms with E-state index in [0.717, 1.165) is 16.5 Å². The second-order valence-corrected chi connectivity index (χ2v) is 3.43. The summed E-state index contributed by atoms with van der Waals surface area (Å²) in [5.74, 6) is 0.589. The van der Waals surface area contributed by atoms with Crippen molar-refractivity contribution in [3.63, 3.8) is 0 Å². The number of nitrogens with one attached hydrogen (secondary N) is 1. The van der Waals surface area contributed by atoms with Gasteiger partial charge in [0, 0.05) is 17.1 Å². The van der Waals surface area contributed by atoms with E-state index in [1.54, 1.807) is 6.20 Å². The summed E-state index contributed by atoms with van der Waals surface area (Å²) in [6.07, 6.45) is 2.09. The molecule has 2 heterocycles. The molecule has 0 unspecified atom stereocenters. The summed E-state index contributed by atoms with van der Waals surface area (Å²) in [6, 6.07) is 7.56. The minimum atomic E-state index is -0.120. The first-order valence-corrected chi connectivity index (χ1v) is 4.67. The van der Waals surface area contributed by atoms with Gasteiger partial charge in [0.1, 0.15) is 0 Å². The molecule has 0 fully saturated rings. The number of nitrogens with zero attached hydrogens (tertiary/aromatic N) is 1. The van der Waals surface area contributed by atoms with Crippen molar-refractivity contribution in [1.82, 2.24) is 10.5 Å². The van der Waals surface area contributed by atoms with Crippen molar-refractivity contribution in [3.8, 4) is 5.75 Å². The number of pyridine rings is 1. The van der Waals surface area contributed by atoms with Crippen LogP contribution in [-0.2, 0) is 11.2 Å². The van der Waals surface area contributed by atoms with Crippen LogP contribution in [0.2, 0.25) is 0 Å². The van der Waals surface area contributed by atoms with Crippen molar-refractivity contribution in [3.05, 3.63) is 36.0 Å². The molecule has 4 nitrogen and oxygen atoms in total. The molecule has 0 spiro atoms. The Bertz CT molecular complexity index is 551. The Morgan fingerprint density at radius 3 is 3.20 bits per heavy atom. The Hall–Kier alpha value is -2.10. The summed E-state index contributed by atoms with van der Waals surface area (Å²) in [5.41, 5.74) is 4.13. The predicted octanol–water partition coefficient (Wildman–Crippen LogP) is 1.20. The summed E-state index contributed by atoms with van der Waals surface area (Å²) in [7, 11) is 0. The van der Waals surface area contributed by atoms with Crippen LogP contribution >= 0.6 is 0 Å². The van der Waals surface area contributed by atoms with Gasteiger partial charge in [-0.1, -0.05) is 6.07 Å². The molecule has 1 aromatic heterocycles. The van der Waals surface area contributed by atoms with Gasteiger partial charge in [0.2, 0.25) is 0 Å². The number of hydrogen-bond donors (Lipinski definition) is 1. The topological polar surface area (TPSA) is 51.2 Å². The van der Waals surface area contributed by atoms with Gasteiger partial charge in [-0.3, -0.25) is 9.78 Å². The van der Waals surface area contributed by atoms with Gasteiger partial charge in [0.05, 0.1) is 11.9 Å². The number of aromatic nitrogens is 1. The third kappa shape index (κ3) is 1.22. The SMILES string of the molecule is O=C1Cc2ccc3ncccc3c2ON1. The Morgan fingerprint density at radius 2 is 2.27 bits per heavy atom. The van der Waals surface area contributed by atoms with E-state index in [0.29, 0.717) is 12.2 Å². The Labute approximate surface area is 85.8 Å². The molecular weight excluding hydrogens is 192 g/mol. The molecule has 3 rings (SSSR count). The lowest BCUT2D eigenvalue weighted by Gasteiger charge is -2.17. The lowest BCUT2D eigenvalue weighted by Crippen LogP contribution is -2.33. The summed E-state index contributed by atoms with van der Waals surface area (Å²) in [6.45, 7) is 0. The van der Waals surface area contributed by atoms with E-state index in [2.05, 4.69) is 10.5 Å².